The first-order valence-corrected chi connectivity index (χ1v) is 4.18. The van der Waals surface area contributed by atoms with E-state index in [1.54, 1.807) is 0 Å². The summed E-state index contributed by atoms with van der Waals surface area (Å²) in [6.07, 6.45) is 4.66. The molecule has 2 rings (SSSR count). The third-order valence-corrected chi connectivity index (χ3v) is 2.61. The maximum absolute atomic E-state index is 5.19. The summed E-state index contributed by atoms with van der Waals surface area (Å²) in [7, 11) is 2.22. The normalized spacial score (nSPS) is 40.5. The third-order valence-electron chi connectivity index (χ3n) is 2.61. The highest BCUT2D eigenvalue weighted by Crippen LogP contribution is 2.24. The lowest BCUT2D eigenvalue weighted by atomic mass is 10.1. The molecule has 0 saturated carbocycles. The van der Waals surface area contributed by atoms with Gasteiger partial charge in [-0.2, -0.15) is 0 Å². The van der Waals surface area contributed by atoms with Crippen LogP contribution in [0.25, 0.3) is 0 Å². The van der Waals surface area contributed by atoms with Crippen LogP contribution in [0.2, 0.25) is 0 Å². The summed E-state index contributed by atoms with van der Waals surface area (Å²) in [6.45, 7) is 2.31. The zero-order chi connectivity index (χ0) is 6.97. The Kier molecular flexibility index (Phi) is 1.66. The molecule has 0 aromatic rings. The summed E-state index contributed by atoms with van der Waals surface area (Å²) in [5.74, 6) is 0. The largest absolute Gasteiger partial charge is 0.373 e. The smallest absolute Gasteiger partial charge is 0.0824 e. The van der Waals surface area contributed by atoms with Gasteiger partial charge in [-0.15, -0.1) is 0 Å². The van der Waals surface area contributed by atoms with Gasteiger partial charge >= 0.3 is 0 Å². The monoisotopic (exact) mass is 141 g/mol. The molecule has 2 aliphatic heterocycles. The van der Waals surface area contributed by atoms with Crippen LogP contribution in [0.15, 0.2) is 0 Å². The van der Waals surface area contributed by atoms with E-state index in [2.05, 4.69) is 11.9 Å². The molecule has 2 nitrogen and oxygen atoms in total. The van der Waals surface area contributed by atoms with Gasteiger partial charge in [-0.3, -0.25) is 0 Å². The van der Waals surface area contributed by atoms with Crippen LogP contribution in [0.3, 0.4) is 0 Å². The standard InChI is InChI=1S/C8H15NO/c1-9-4-2-3-7(9)5-8-6-10-8/h7-8H,2-6H2,1H3/t7?,8-/m1/s1. The van der Waals surface area contributed by atoms with Gasteiger partial charge in [-0.1, -0.05) is 0 Å². The van der Waals surface area contributed by atoms with Crippen molar-refractivity contribution in [3.8, 4) is 0 Å². The van der Waals surface area contributed by atoms with Crippen LogP contribution in [0, 0.1) is 0 Å². The van der Waals surface area contributed by atoms with E-state index in [4.69, 9.17) is 4.74 Å². The Bertz CT molecular complexity index is 122. The van der Waals surface area contributed by atoms with Crippen molar-refractivity contribution >= 4 is 0 Å². The zero-order valence-corrected chi connectivity index (χ0v) is 6.55. The van der Waals surface area contributed by atoms with E-state index in [0.29, 0.717) is 6.10 Å². The summed E-state index contributed by atoms with van der Waals surface area (Å²) in [4.78, 5) is 2.46. The minimum atomic E-state index is 0.616. The van der Waals surface area contributed by atoms with Crippen LogP contribution in [0.5, 0.6) is 0 Å². The number of ether oxygens (including phenoxy) is 1. The Balaban J connectivity index is 1.79. The highest BCUT2D eigenvalue weighted by Gasteiger charge is 2.30. The summed E-state index contributed by atoms with van der Waals surface area (Å²) >= 11 is 0. The fourth-order valence-electron chi connectivity index (χ4n) is 1.78. The van der Waals surface area contributed by atoms with Gasteiger partial charge in [-0.05, 0) is 32.9 Å². The molecule has 0 aromatic heterocycles. The predicted octanol–water partition coefficient (Wildman–Crippen LogP) is 0.869. The summed E-state index contributed by atoms with van der Waals surface area (Å²) in [5, 5.41) is 0. The lowest BCUT2D eigenvalue weighted by Crippen LogP contribution is -2.26. The molecule has 0 spiro atoms. The molecule has 0 amide bonds. The van der Waals surface area contributed by atoms with E-state index in [-0.39, 0.29) is 0 Å². The molecule has 0 bridgehead atoms. The van der Waals surface area contributed by atoms with Crippen molar-refractivity contribution in [1.29, 1.82) is 0 Å². The number of rotatable bonds is 2. The van der Waals surface area contributed by atoms with E-state index in [1.807, 2.05) is 0 Å². The fourth-order valence-corrected chi connectivity index (χ4v) is 1.78. The van der Waals surface area contributed by atoms with Crippen molar-refractivity contribution in [1.82, 2.24) is 4.90 Å². The van der Waals surface area contributed by atoms with Gasteiger partial charge in [0.25, 0.3) is 0 Å². The summed E-state index contributed by atoms with van der Waals surface area (Å²) in [5.41, 5.74) is 0. The van der Waals surface area contributed by atoms with E-state index >= 15 is 0 Å². The molecule has 0 radical (unpaired) electrons. The number of nitrogens with zero attached hydrogens (tertiary/aromatic N) is 1. The molecule has 10 heavy (non-hydrogen) atoms. The second kappa shape index (κ2) is 2.51. The first kappa shape index (κ1) is 6.62. The minimum Gasteiger partial charge on any atom is -0.373 e. The van der Waals surface area contributed by atoms with Gasteiger partial charge in [0, 0.05) is 6.04 Å². The summed E-state index contributed by atoms with van der Waals surface area (Å²) < 4.78 is 5.19. The Morgan fingerprint density at radius 2 is 2.40 bits per heavy atom. The SMILES string of the molecule is CN1CCCC1C[C@@H]1CO1. The van der Waals surface area contributed by atoms with Crippen LogP contribution in [0.4, 0.5) is 0 Å². The molecule has 58 valence electrons. The van der Waals surface area contributed by atoms with Gasteiger partial charge in [0.1, 0.15) is 0 Å². The number of hydrogen-bond acceptors (Lipinski definition) is 2. The van der Waals surface area contributed by atoms with E-state index in [9.17, 15) is 0 Å². The number of hydrogen-bond donors (Lipinski definition) is 0. The molecule has 2 saturated heterocycles. The highest BCUT2D eigenvalue weighted by molar-refractivity contribution is 4.83. The van der Waals surface area contributed by atoms with Crippen molar-refractivity contribution in [2.24, 2.45) is 0 Å². The topological polar surface area (TPSA) is 15.8 Å². The van der Waals surface area contributed by atoms with Crippen LogP contribution in [-0.2, 0) is 4.74 Å². The molecular formula is C8H15NO. The first-order chi connectivity index (χ1) is 4.86. The molecule has 2 fully saturated rings. The van der Waals surface area contributed by atoms with Gasteiger partial charge in [0.2, 0.25) is 0 Å². The van der Waals surface area contributed by atoms with Gasteiger partial charge in [0.05, 0.1) is 12.7 Å². The van der Waals surface area contributed by atoms with Crippen LogP contribution in [-0.4, -0.2) is 37.2 Å². The Morgan fingerprint density at radius 1 is 1.60 bits per heavy atom. The van der Waals surface area contributed by atoms with Gasteiger partial charge in [-0.25, -0.2) is 0 Å². The third kappa shape index (κ3) is 1.32. The second-order valence-electron chi connectivity index (χ2n) is 3.47. The fraction of sp³-hybridized carbons (Fsp3) is 1.00. The minimum absolute atomic E-state index is 0.616. The Hall–Kier alpha value is -0.0800. The van der Waals surface area contributed by atoms with Crippen molar-refractivity contribution in [3.05, 3.63) is 0 Å². The molecule has 2 aliphatic rings. The highest BCUT2D eigenvalue weighted by atomic mass is 16.6. The van der Waals surface area contributed by atoms with Gasteiger partial charge < -0.3 is 9.64 Å². The molecule has 0 aromatic carbocycles. The first-order valence-electron chi connectivity index (χ1n) is 4.18. The molecule has 2 atom stereocenters. The maximum atomic E-state index is 5.19. The maximum Gasteiger partial charge on any atom is 0.0824 e. The van der Waals surface area contributed by atoms with Crippen molar-refractivity contribution < 1.29 is 4.74 Å². The number of epoxide rings is 1. The molecule has 0 aliphatic carbocycles. The van der Waals surface area contributed by atoms with Crippen molar-refractivity contribution in [2.75, 3.05) is 20.2 Å². The van der Waals surface area contributed by atoms with Crippen molar-refractivity contribution in [3.63, 3.8) is 0 Å². The van der Waals surface area contributed by atoms with Crippen LogP contribution in [0.1, 0.15) is 19.3 Å². The molecular weight excluding hydrogens is 126 g/mol. The second-order valence-corrected chi connectivity index (χ2v) is 3.47. The van der Waals surface area contributed by atoms with E-state index < -0.39 is 0 Å². The average Bonchev–Trinajstić information content (AvgIpc) is 2.62. The van der Waals surface area contributed by atoms with Crippen molar-refractivity contribution in [2.45, 2.75) is 31.4 Å². The molecule has 2 heteroatoms. The quantitative estimate of drug-likeness (QED) is 0.530. The summed E-state index contributed by atoms with van der Waals surface area (Å²) in [6, 6.07) is 0.826. The Morgan fingerprint density at radius 3 is 2.90 bits per heavy atom. The molecule has 1 unspecified atom stereocenters. The molecule has 0 N–H and O–H groups in total. The average molecular weight is 141 g/mol. The predicted molar refractivity (Wildman–Crippen MR) is 40.0 cm³/mol. The lowest BCUT2D eigenvalue weighted by Gasteiger charge is -2.17. The van der Waals surface area contributed by atoms with E-state index in [0.717, 1.165) is 12.6 Å². The Labute approximate surface area is 62.2 Å². The molecule has 2 heterocycles. The zero-order valence-electron chi connectivity index (χ0n) is 6.55. The van der Waals surface area contributed by atoms with E-state index in [1.165, 1.54) is 25.8 Å². The van der Waals surface area contributed by atoms with Crippen LogP contribution < -0.4 is 0 Å². The number of likely N-dealkylation sites (tertiary alicyclic amines) is 1. The van der Waals surface area contributed by atoms with Crippen LogP contribution >= 0.6 is 0 Å². The van der Waals surface area contributed by atoms with Gasteiger partial charge in [0.15, 0.2) is 0 Å². The lowest BCUT2D eigenvalue weighted by molar-refractivity contribution is 0.267.